The van der Waals surface area contributed by atoms with Crippen molar-refractivity contribution in [1.82, 2.24) is 5.32 Å². The van der Waals surface area contributed by atoms with Crippen molar-refractivity contribution in [2.75, 3.05) is 26.0 Å². The molecule has 0 saturated carbocycles. The molecule has 0 bridgehead atoms. The van der Waals surface area contributed by atoms with Crippen molar-refractivity contribution in [3.63, 3.8) is 0 Å². The maximum absolute atomic E-state index is 11.9. The Labute approximate surface area is 111 Å². The Balaban J connectivity index is 2.97. The molecular weight excluding hydrogens is 248 g/mol. The van der Waals surface area contributed by atoms with E-state index in [1.165, 1.54) is 25.3 Å². The zero-order valence-electron chi connectivity index (χ0n) is 11.2. The lowest BCUT2D eigenvalue weighted by atomic mass is 10.1. The number of benzene rings is 1. The van der Waals surface area contributed by atoms with Crippen molar-refractivity contribution in [3.8, 4) is 5.75 Å². The second kappa shape index (κ2) is 6.75. The van der Waals surface area contributed by atoms with Crippen LogP contribution >= 0.6 is 0 Å². The van der Waals surface area contributed by atoms with Crippen LogP contribution in [0.25, 0.3) is 0 Å². The van der Waals surface area contributed by atoms with E-state index in [-0.39, 0.29) is 23.1 Å². The maximum Gasteiger partial charge on any atom is 0.337 e. The van der Waals surface area contributed by atoms with Gasteiger partial charge in [-0.2, -0.15) is 0 Å². The molecule has 0 spiro atoms. The van der Waals surface area contributed by atoms with Gasteiger partial charge in [0.1, 0.15) is 5.75 Å². The van der Waals surface area contributed by atoms with Gasteiger partial charge in [0.2, 0.25) is 5.91 Å². The molecule has 1 atom stereocenters. The number of ether oxygens (including phenoxy) is 1. The summed E-state index contributed by atoms with van der Waals surface area (Å²) >= 11 is 0. The molecular formula is C13H18N2O4. The summed E-state index contributed by atoms with van der Waals surface area (Å²) in [5.41, 5.74) is 0.269. The average Bonchev–Trinajstić information content (AvgIpc) is 2.38. The van der Waals surface area contributed by atoms with E-state index in [9.17, 15) is 9.59 Å². The molecule has 104 valence electrons. The zero-order valence-corrected chi connectivity index (χ0v) is 11.2. The highest BCUT2D eigenvalue weighted by Gasteiger charge is 2.17. The van der Waals surface area contributed by atoms with Crippen LogP contribution < -0.4 is 15.4 Å². The Bertz CT molecular complexity index is 474. The molecule has 3 N–H and O–H groups in total. The van der Waals surface area contributed by atoms with Crippen molar-refractivity contribution >= 4 is 17.6 Å². The molecule has 0 saturated heterocycles. The lowest BCUT2D eigenvalue weighted by molar-refractivity contribution is -0.119. The van der Waals surface area contributed by atoms with E-state index in [1.54, 1.807) is 14.0 Å². The number of rotatable bonds is 6. The fourth-order valence-corrected chi connectivity index (χ4v) is 1.60. The fourth-order valence-electron chi connectivity index (χ4n) is 1.60. The Morgan fingerprint density at radius 1 is 1.42 bits per heavy atom. The summed E-state index contributed by atoms with van der Waals surface area (Å²) in [7, 11) is 3.23. The number of methoxy groups -OCH3 is 1. The quantitative estimate of drug-likeness (QED) is 0.720. The molecule has 19 heavy (non-hydrogen) atoms. The summed E-state index contributed by atoms with van der Waals surface area (Å²) in [6, 6.07) is 4.43. The van der Waals surface area contributed by atoms with E-state index in [0.717, 1.165) is 0 Å². The van der Waals surface area contributed by atoms with Crippen molar-refractivity contribution in [3.05, 3.63) is 23.8 Å². The summed E-state index contributed by atoms with van der Waals surface area (Å²) in [6.45, 7) is 2.27. The summed E-state index contributed by atoms with van der Waals surface area (Å²) in [5.74, 6) is -1.12. The van der Waals surface area contributed by atoms with Gasteiger partial charge in [-0.3, -0.25) is 4.79 Å². The van der Waals surface area contributed by atoms with Gasteiger partial charge in [0.15, 0.2) is 0 Å². The molecule has 6 heteroatoms. The molecule has 0 heterocycles. The normalized spacial score (nSPS) is 11.7. The standard InChI is InChI=1S/C13H18N2O4/c1-8(7-14-2)12(16)15-11-6-9(19-3)4-5-10(11)13(17)18/h4-6,8,14H,7H2,1-3H3,(H,15,16)(H,17,18). The summed E-state index contributed by atoms with van der Waals surface area (Å²) in [6.07, 6.45) is 0. The number of amides is 1. The highest BCUT2D eigenvalue weighted by molar-refractivity contribution is 6.01. The van der Waals surface area contributed by atoms with Gasteiger partial charge in [-0.05, 0) is 19.2 Å². The van der Waals surface area contributed by atoms with Gasteiger partial charge >= 0.3 is 5.97 Å². The first-order valence-electron chi connectivity index (χ1n) is 5.86. The van der Waals surface area contributed by atoms with Gasteiger partial charge in [-0.25, -0.2) is 4.79 Å². The zero-order chi connectivity index (χ0) is 14.4. The predicted molar refractivity (Wildman–Crippen MR) is 71.7 cm³/mol. The summed E-state index contributed by atoms with van der Waals surface area (Å²) < 4.78 is 5.02. The van der Waals surface area contributed by atoms with Crippen LogP contribution in [-0.2, 0) is 4.79 Å². The molecule has 0 radical (unpaired) electrons. The number of carboxylic acid groups (broad SMARTS) is 1. The Kier molecular flexibility index (Phi) is 5.32. The third-order valence-corrected chi connectivity index (χ3v) is 2.67. The minimum absolute atomic E-state index is 0.0332. The Hall–Kier alpha value is -2.08. The average molecular weight is 266 g/mol. The first-order valence-corrected chi connectivity index (χ1v) is 5.86. The molecule has 0 aliphatic carbocycles. The largest absolute Gasteiger partial charge is 0.497 e. The highest BCUT2D eigenvalue weighted by Crippen LogP contribution is 2.23. The molecule has 1 unspecified atom stereocenters. The second-order valence-corrected chi connectivity index (χ2v) is 4.16. The van der Waals surface area contributed by atoms with Crippen LogP contribution in [0.4, 0.5) is 5.69 Å². The topological polar surface area (TPSA) is 87.7 Å². The SMILES string of the molecule is CNCC(C)C(=O)Nc1cc(OC)ccc1C(=O)O. The van der Waals surface area contributed by atoms with Crippen LogP contribution in [0.15, 0.2) is 18.2 Å². The lowest BCUT2D eigenvalue weighted by Gasteiger charge is -2.14. The smallest absolute Gasteiger partial charge is 0.337 e. The molecule has 1 rings (SSSR count). The van der Waals surface area contributed by atoms with Crippen molar-refractivity contribution in [2.45, 2.75) is 6.92 Å². The van der Waals surface area contributed by atoms with Crippen molar-refractivity contribution in [1.29, 1.82) is 0 Å². The van der Waals surface area contributed by atoms with E-state index in [2.05, 4.69) is 10.6 Å². The molecule has 0 aliphatic heterocycles. The van der Waals surface area contributed by atoms with Crippen LogP contribution in [0.5, 0.6) is 5.75 Å². The van der Waals surface area contributed by atoms with Gasteiger partial charge in [-0.15, -0.1) is 0 Å². The van der Waals surface area contributed by atoms with Gasteiger partial charge in [-0.1, -0.05) is 6.92 Å². The molecule has 1 aromatic carbocycles. The van der Waals surface area contributed by atoms with Crippen molar-refractivity contribution in [2.24, 2.45) is 5.92 Å². The van der Waals surface area contributed by atoms with Crippen LogP contribution in [0.2, 0.25) is 0 Å². The monoisotopic (exact) mass is 266 g/mol. The molecule has 6 nitrogen and oxygen atoms in total. The first-order chi connectivity index (χ1) is 8.99. The highest BCUT2D eigenvalue weighted by atomic mass is 16.5. The molecule has 0 aromatic heterocycles. The molecule has 0 fully saturated rings. The third-order valence-electron chi connectivity index (χ3n) is 2.67. The molecule has 0 aliphatic rings. The number of carbonyl (C=O) groups is 2. The number of hydrogen-bond acceptors (Lipinski definition) is 4. The van der Waals surface area contributed by atoms with Gasteiger partial charge in [0.25, 0.3) is 0 Å². The number of nitrogens with one attached hydrogen (secondary N) is 2. The maximum atomic E-state index is 11.9. The minimum atomic E-state index is -1.10. The predicted octanol–water partition coefficient (Wildman–Crippen LogP) is 1.19. The van der Waals surface area contributed by atoms with Crippen LogP contribution in [0.1, 0.15) is 17.3 Å². The number of hydrogen-bond donors (Lipinski definition) is 3. The third kappa shape index (κ3) is 3.96. The van der Waals surface area contributed by atoms with Gasteiger partial charge in [0.05, 0.1) is 18.4 Å². The minimum Gasteiger partial charge on any atom is -0.497 e. The van der Waals surface area contributed by atoms with E-state index in [1.807, 2.05) is 0 Å². The number of carbonyl (C=O) groups excluding carboxylic acids is 1. The summed E-state index contributed by atoms with van der Waals surface area (Å²) in [4.78, 5) is 23.0. The number of anilines is 1. The number of aromatic carboxylic acids is 1. The first kappa shape index (κ1) is 15.0. The van der Waals surface area contributed by atoms with Crippen LogP contribution in [-0.4, -0.2) is 37.7 Å². The number of carboxylic acids is 1. The lowest BCUT2D eigenvalue weighted by Crippen LogP contribution is -2.29. The van der Waals surface area contributed by atoms with Gasteiger partial charge < -0.3 is 20.5 Å². The fraction of sp³-hybridized carbons (Fsp3) is 0.385. The second-order valence-electron chi connectivity index (χ2n) is 4.16. The van der Waals surface area contributed by atoms with Gasteiger partial charge in [0, 0.05) is 18.5 Å². The van der Waals surface area contributed by atoms with Crippen LogP contribution in [0, 0.1) is 5.92 Å². The van der Waals surface area contributed by atoms with Crippen LogP contribution in [0.3, 0.4) is 0 Å². The van der Waals surface area contributed by atoms with E-state index in [4.69, 9.17) is 9.84 Å². The molecule has 1 amide bonds. The van der Waals surface area contributed by atoms with E-state index in [0.29, 0.717) is 12.3 Å². The van der Waals surface area contributed by atoms with E-state index < -0.39 is 5.97 Å². The molecule has 1 aromatic rings. The van der Waals surface area contributed by atoms with E-state index >= 15 is 0 Å². The summed E-state index contributed by atoms with van der Waals surface area (Å²) in [5, 5.41) is 14.6. The Morgan fingerprint density at radius 2 is 2.11 bits per heavy atom. The van der Waals surface area contributed by atoms with Crippen molar-refractivity contribution < 1.29 is 19.4 Å². The Morgan fingerprint density at radius 3 is 2.63 bits per heavy atom.